The van der Waals surface area contributed by atoms with Crippen LogP contribution in [0.2, 0.25) is 0 Å². The average Bonchev–Trinajstić information content (AvgIpc) is 1.86. The molecular formula is C8H14O3. The van der Waals surface area contributed by atoms with Gasteiger partial charge in [0.05, 0.1) is 12.5 Å². The minimum absolute atomic E-state index is 0.00315. The van der Waals surface area contributed by atoms with E-state index < -0.39 is 5.97 Å². The Hall–Kier alpha value is -0.830. The summed E-state index contributed by atoms with van der Waals surface area (Å²) in [6.07, 6.45) is -0.333. The van der Waals surface area contributed by atoms with Crippen LogP contribution in [0.15, 0.2) is 12.2 Å². The van der Waals surface area contributed by atoms with Crippen molar-refractivity contribution in [1.29, 1.82) is 0 Å². The Kier molecular flexibility index (Phi) is 4.54. The molecule has 0 amide bonds. The van der Waals surface area contributed by atoms with Gasteiger partial charge in [-0.15, -0.1) is 0 Å². The van der Waals surface area contributed by atoms with E-state index in [2.05, 4.69) is 6.58 Å². The summed E-state index contributed by atoms with van der Waals surface area (Å²) in [5.74, 6) is -0.855. The lowest BCUT2D eigenvalue weighted by atomic mass is 10.1. The zero-order valence-electron chi connectivity index (χ0n) is 6.96. The number of aliphatic carboxylic acids is 1. The minimum atomic E-state index is -0.855. The van der Waals surface area contributed by atoms with Crippen LogP contribution < -0.4 is 0 Å². The fourth-order valence-electron chi connectivity index (χ4n) is 0.735. The number of carbonyl (C=O) groups is 1. The monoisotopic (exact) mass is 158 g/mol. The van der Waals surface area contributed by atoms with E-state index in [-0.39, 0.29) is 12.5 Å². The summed E-state index contributed by atoms with van der Waals surface area (Å²) in [6.45, 7) is 7.76. The molecule has 0 aromatic heterocycles. The Morgan fingerprint density at radius 1 is 1.73 bits per heavy atom. The molecule has 1 unspecified atom stereocenters. The van der Waals surface area contributed by atoms with E-state index in [4.69, 9.17) is 9.84 Å². The predicted octanol–water partition coefficient (Wildman–Crippen LogP) is 1.44. The number of carboxylic acids is 1. The van der Waals surface area contributed by atoms with Gasteiger partial charge in [0.15, 0.2) is 0 Å². The molecule has 0 heterocycles. The smallest absolute Gasteiger partial charge is 0.306 e. The van der Waals surface area contributed by atoms with Crippen molar-refractivity contribution in [2.75, 3.05) is 6.61 Å². The third kappa shape index (κ3) is 4.56. The molecule has 1 atom stereocenters. The van der Waals surface area contributed by atoms with Crippen LogP contribution >= 0.6 is 0 Å². The molecule has 0 saturated heterocycles. The highest BCUT2D eigenvalue weighted by Gasteiger charge is 2.12. The molecule has 0 aromatic rings. The lowest BCUT2D eigenvalue weighted by molar-refractivity contribution is -0.139. The van der Waals surface area contributed by atoms with Crippen LogP contribution in [-0.2, 0) is 9.53 Å². The van der Waals surface area contributed by atoms with E-state index in [1.54, 1.807) is 6.92 Å². The van der Waals surface area contributed by atoms with Crippen LogP contribution in [0.1, 0.15) is 20.3 Å². The van der Waals surface area contributed by atoms with Crippen LogP contribution in [0, 0.1) is 0 Å². The van der Waals surface area contributed by atoms with E-state index in [1.807, 2.05) is 6.92 Å². The molecule has 0 fully saturated rings. The Balaban J connectivity index is 3.89. The van der Waals surface area contributed by atoms with E-state index in [9.17, 15) is 4.79 Å². The van der Waals surface area contributed by atoms with Gasteiger partial charge in [0.1, 0.15) is 0 Å². The van der Waals surface area contributed by atoms with Gasteiger partial charge >= 0.3 is 5.97 Å². The van der Waals surface area contributed by atoms with Crippen LogP contribution in [0.5, 0.6) is 0 Å². The van der Waals surface area contributed by atoms with Crippen molar-refractivity contribution in [3.8, 4) is 0 Å². The van der Waals surface area contributed by atoms with Gasteiger partial charge in [0, 0.05) is 6.61 Å². The first-order chi connectivity index (χ1) is 5.07. The molecule has 0 aromatic carbocycles. The summed E-state index contributed by atoms with van der Waals surface area (Å²) in [5, 5.41) is 8.44. The van der Waals surface area contributed by atoms with Crippen LogP contribution in [0.3, 0.4) is 0 Å². The standard InChI is InChI=1S/C8H14O3/c1-4-11-7(6(2)3)5-8(9)10/h7H,2,4-5H2,1,3H3,(H,9,10). The maximum atomic E-state index is 10.3. The molecule has 0 aliphatic heterocycles. The number of ether oxygens (including phenoxy) is 1. The van der Waals surface area contributed by atoms with Gasteiger partial charge < -0.3 is 9.84 Å². The van der Waals surface area contributed by atoms with Crippen molar-refractivity contribution in [2.24, 2.45) is 0 Å². The van der Waals surface area contributed by atoms with Gasteiger partial charge in [-0.05, 0) is 13.8 Å². The van der Waals surface area contributed by atoms with Gasteiger partial charge in [-0.2, -0.15) is 0 Å². The van der Waals surface area contributed by atoms with Crippen molar-refractivity contribution >= 4 is 5.97 Å². The second-order valence-electron chi connectivity index (χ2n) is 2.39. The van der Waals surface area contributed by atoms with Crippen molar-refractivity contribution in [3.63, 3.8) is 0 Å². The molecule has 64 valence electrons. The first-order valence-corrected chi connectivity index (χ1v) is 3.56. The number of hydrogen-bond donors (Lipinski definition) is 1. The molecule has 0 spiro atoms. The summed E-state index contributed by atoms with van der Waals surface area (Å²) in [5.41, 5.74) is 0.759. The van der Waals surface area contributed by atoms with Crippen molar-refractivity contribution < 1.29 is 14.6 Å². The first-order valence-electron chi connectivity index (χ1n) is 3.56. The SMILES string of the molecule is C=C(C)C(CC(=O)O)OCC. The summed E-state index contributed by atoms with van der Waals surface area (Å²) in [7, 11) is 0. The highest BCUT2D eigenvalue weighted by Crippen LogP contribution is 2.07. The summed E-state index contributed by atoms with van der Waals surface area (Å²) < 4.78 is 5.13. The third-order valence-corrected chi connectivity index (χ3v) is 1.28. The quantitative estimate of drug-likeness (QED) is 0.616. The highest BCUT2D eigenvalue weighted by atomic mass is 16.5. The Bertz CT molecular complexity index is 151. The molecule has 0 aliphatic carbocycles. The first kappa shape index (κ1) is 10.2. The minimum Gasteiger partial charge on any atom is -0.481 e. The van der Waals surface area contributed by atoms with Crippen molar-refractivity contribution in [3.05, 3.63) is 12.2 Å². The normalized spacial score (nSPS) is 12.5. The molecule has 0 bridgehead atoms. The van der Waals surface area contributed by atoms with Gasteiger partial charge in [0.2, 0.25) is 0 Å². The lowest BCUT2D eigenvalue weighted by Gasteiger charge is -2.13. The molecular weight excluding hydrogens is 144 g/mol. The Morgan fingerprint density at radius 2 is 2.27 bits per heavy atom. The van der Waals surface area contributed by atoms with Crippen molar-refractivity contribution in [2.45, 2.75) is 26.4 Å². The van der Waals surface area contributed by atoms with Crippen LogP contribution in [0.25, 0.3) is 0 Å². The van der Waals surface area contributed by atoms with Crippen molar-refractivity contribution in [1.82, 2.24) is 0 Å². The molecule has 11 heavy (non-hydrogen) atoms. The van der Waals surface area contributed by atoms with Gasteiger partial charge in [-0.1, -0.05) is 12.2 Å². The molecule has 0 aliphatic rings. The van der Waals surface area contributed by atoms with Crippen LogP contribution in [0.4, 0.5) is 0 Å². The summed E-state index contributed by atoms with van der Waals surface area (Å²) >= 11 is 0. The van der Waals surface area contributed by atoms with E-state index in [1.165, 1.54) is 0 Å². The fourth-order valence-corrected chi connectivity index (χ4v) is 0.735. The summed E-state index contributed by atoms with van der Waals surface area (Å²) in [6, 6.07) is 0. The summed E-state index contributed by atoms with van der Waals surface area (Å²) in [4.78, 5) is 10.3. The maximum Gasteiger partial charge on any atom is 0.306 e. The predicted molar refractivity (Wildman–Crippen MR) is 42.5 cm³/mol. The second kappa shape index (κ2) is 4.91. The largest absolute Gasteiger partial charge is 0.481 e. The molecule has 1 N–H and O–H groups in total. The highest BCUT2D eigenvalue weighted by molar-refractivity contribution is 5.67. The zero-order chi connectivity index (χ0) is 8.85. The fraction of sp³-hybridized carbons (Fsp3) is 0.625. The molecule has 0 rings (SSSR count). The van der Waals surface area contributed by atoms with Gasteiger partial charge in [-0.25, -0.2) is 0 Å². The van der Waals surface area contributed by atoms with E-state index >= 15 is 0 Å². The second-order valence-corrected chi connectivity index (χ2v) is 2.39. The van der Waals surface area contributed by atoms with Gasteiger partial charge in [-0.3, -0.25) is 4.79 Å². The molecule has 3 heteroatoms. The number of rotatable bonds is 5. The zero-order valence-corrected chi connectivity index (χ0v) is 6.96. The molecule has 3 nitrogen and oxygen atoms in total. The molecule has 0 saturated carbocycles. The third-order valence-electron chi connectivity index (χ3n) is 1.28. The average molecular weight is 158 g/mol. The Morgan fingerprint density at radius 3 is 2.55 bits per heavy atom. The maximum absolute atomic E-state index is 10.3. The van der Waals surface area contributed by atoms with E-state index in [0.29, 0.717) is 6.61 Å². The van der Waals surface area contributed by atoms with Crippen LogP contribution in [-0.4, -0.2) is 23.8 Å². The Labute approximate surface area is 66.7 Å². The number of hydrogen-bond acceptors (Lipinski definition) is 2. The lowest BCUT2D eigenvalue weighted by Crippen LogP contribution is -2.18. The van der Waals surface area contributed by atoms with Gasteiger partial charge in [0.25, 0.3) is 0 Å². The number of carboxylic acid groups (broad SMARTS) is 1. The topological polar surface area (TPSA) is 46.5 Å². The molecule has 0 radical (unpaired) electrons. The van der Waals surface area contributed by atoms with E-state index in [0.717, 1.165) is 5.57 Å².